The third-order valence-corrected chi connectivity index (χ3v) is 15.9. The highest BCUT2D eigenvalue weighted by atomic mass is 32.2. The van der Waals surface area contributed by atoms with Crippen LogP contribution in [0.4, 0.5) is 0 Å². The molecule has 6 rings (SSSR count). The highest BCUT2D eigenvalue weighted by molar-refractivity contribution is 7.92. The largest absolute Gasteiger partial charge is 0.346 e. The van der Waals surface area contributed by atoms with Crippen molar-refractivity contribution >= 4 is 33.3 Å². The number of ketones is 1. The number of amides is 3. The molecular weight excluding hydrogens is 651 g/mol. The third-order valence-electron chi connectivity index (χ3n) is 13.0. The lowest BCUT2D eigenvalue weighted by Gasteiger charge is -2.48. The number of likely N-dealkylation sites (tertiary alicyclic amines) is 1. The van der Waals surface area contributed by atoms with Crippen LogP contribution in [0.3, 0.4) is 0 Å². The van der Waals surface area contributed by atoms with Crippen LogP contribution in [0.25, 0.3) is 0 Å². The van der Waals surface area contributed by atoms with Crippen LogP contribution in [-0.2, 0) is 41.9 Å². The predicted octanol–water partition coefficient (Wildman–Crippen LogP) is 4.82. The van der Waals surface area contributed by atoms with E-state index in [9.17, 15) is 22.8 Å². The first-order valence-electron chi connectivity index (χ1n) is 18.8. The van der Waals surface area contributed by atoms with E-state index in [0.29, 0.717) is 38.6 Å². The number of sulfone groups is 1. The first kappa shape index (κ1) is 36.8. The molecule has 1 aromatic carbocycles. The molecule has 50 heavy (non-hydrogen) atoms. The van der Waals surface area contributed by atoms with E-state index in [4.69, 9.17) is 0 Å². The summed E-state index contributed by atoms with van der Waals surface area (Å²) < 4.78 is 27.2. The molecule has 4 fully saturated rings. The Morgan fingerprint density at radius 2 is 1.64 bits per heavy atom. The van der Waals surface area contributed by atoms with Gasteiger partial charge in [0.25, 0.3) is 5.91 Å². The van der Waals surface area contributed by atoms with E-state index < -0.39 is 49.7 Å². The molecule has 1 heterocycles. The van der Waals surface area contributed by atoms with Crippen molar-refractivity contribution in [1.82, 2.24) is 15.5 Å². The molecule has 274 valence electrons. The minimum absolute atomic E-state index is 0.0480. The number of carbonyl (C=O) groups is 4. The second kappa shape index (κ2) is 13.5. The zero-order valence-electron chi connectivity index (χ0n) is 30.6. The minimum atomic E-state index is -3.58. The fraction of sp³-hybridized carbons (Fsp3) is 0.700. The van der Waals surface area contributed by atoms with E-state index in [1.807, 2.05) is 12.1 Å². The lowest BCUT2D eigenvalue weighted by atomic mass is 9.61. The standard InChI is InChI=1S/C40H57N3O6S/c1-7-19-41-36(46)34(44)30(20-25-15-16-25)42-35(45)33-32-29(39(32,5)6)23-43(33)37(47)31(28-21-26-13-9-10-14-27(26)22-28)40(17-11-8-12-18-40)24-50(48,49)38(2,3)4/h7,9-10,13-14,25,28-33H,1,8,11-12,15-24H2,2-6H3,(H,41,46)(H,42,45)/t29-,30?,31?,32-,33-/m0/s1. The van der Waals surface area contributed by atoms with Crippen LogP contribution in [0, 0.1) is 40.4 Å². The number of carbonyl (C=O) groups excluding carboxylic acids is 4. The van der Waals surface area contributed by atoms with Crippen molar-refractivity contribution in [2.45, 2.75) is 116 Å². The van der Waals surface area contributed by atoms with Crippen LogP contribution in [0.15, 0.2) is 36.9 Å². The van der Waals surface area contributed by atoms with E-state index in [1.165, 1.54) is 17.2 Å². The maximum atomic E-state index is 15.5. The van der Waals surface area contributed by atoms with Gasteiger partial charge in [0.2, 0.25) is 17.6 Å². The Morgan fingerprint density at radius 1 is 1.02 bits per heavy atom. The molecule has 4 aliphatic carbocycles. The summed E-state index contributed by atoms with van der Waals surface area (Å²) in [4.78, 5) is 57.8. The van der Waals surface area contributed by atoms with Gasteiger partial charge in [0.15, 0.2) is 9.84 Å². The second-order valence-corrected chi connectivity index (χ2v) is 20.4. The predicted molar refractivity (Wildman–Crippen MR) is 194 cm³/mol. The SMILES string of the molecule is C=CCNC(=O)C(=O)C(CC1CC1)NC(=O)[C@@H]1[C@@H]2[C@H](CN1C(=O)C(C1Cc3ccccc3C1)C1(CS(=O)(=O)C(C)(C)C)CCCCC1)C2(C)C. The van der Waals surface area contributed by atoms with Crippen LogP contribution in [0.2, 0.25) is 0 Å². The molecule has 0 bridgehead atoms. The van der Waals surface area contributed by atoms with Crippen molar-refractivity contribution in [3.05, 3.63) is 48.0 Å². The summed E-state index contributed by atoms with van der Waals surface area (Å²) in [6.07, 6.45) is 9.24. The average molecular weight is 708 g/mol. The number of Topliss-reactive ketones (excluding diaryl/α,β-unsaturated/α-hetero) is 1. The molecule has 3 amide bonds. The molecule has 5 aliphatic rings. The van der Waals surface area contributed by atoms with Gasteiger partial charge in [-0.2, -0.15) is 0 Å². The first-order valence-corrected chi connectivity index (χ1v) is 20.5. The summed E-state index contributed by atoms with van der Waals surface area (Å²) in [5, 5.41) is 5.53. The van der Waals surface area contributed by atoms with Gasteiger partial charge in [-0.05, 0) is 98.5 Å². The number of hydrogen-bond donors (Lipinski definition) is 2. The van der Waals surface area contributed by atoms with Crippen LogP contribution in [0.5, 0.6) is 0 Å². The highest BCUT2D eigenvalue weighted by Crippen LogP contribution is 2.65. The fourth-order valence-electron chi connectivity index (χ4n) is 9.77. The smallest absolute Gasteiger partial charge is 0.289 e. The Kier molecular flexibility index (Phi) is 9.94. The molecule has 9 nitrogen and oxygen atoms in total. The fourth-order valence-corrected chi connectivity index (χ4v) is 11.4. The molecule has 1 saturated heterocycles. The van der Waals surface area contributed by atoms with Gasteiger partial charge in [-0.25, -0.2) is 8.42 Å². The van der Waals surface area contributed by atoms with E-state index >= 15 is 4.79 Å². The van der Waals surface area contributed by atoms with Crippen molar-refractivity contribution < 1.29 is 27.6 Å². The number of hydrogen-bond acceptors (Lipinski definition) is 6. The molecule has 0 aromatic heterocycles. The molecule has 0 radical (unpaired) electrons. The van der Waals surface area contributed by atoms with E-state index in [0.717, 1.165) is 32.1 Å². The summed E-state index contributed by atoms with van der Waals surface area (Å²) in [7, 11) is -3.58. The second-order valence-electron chi connectivity index (χ2n) is 17.7. The van der Waals surface area contributed by atoms with Gasteiger partial charge in [-0.1, -0.05) is 76.3 Å². The maximum Gasteiger partial charge on any atom is 0.289 e. The number of rotatable bonds is 13. The Balaban J connectivity index is 1.35. The maximum absolute atomic E-state index is 15.5. The lowest BCUT2D eigenvalue weighted by Crippen LogP contribution is -2.59. The van der Waals surface area contributed by atoms with Crippen molar-refractivity contribution in [2.24, 2.45) is 40.4 Å². The summed E-state index contributed by atoms with van der Waals surface area (Å²) >= 11 is 0. The number of nitrogens with zero attached hydrogens (tertiary/aromatic N) is 1. The Labute approximate surface area is 298 Å². The molecule has 2 N–H and O–H groups in total. The van der Waals surface area contributed by atoms with Gasteiger partial charge in [-0.15, -0.1) is 6.58 Å². The van der Waals surface area contributed by atoms with E-state index in [-0.39, 0.29) is 53.2 Å². The monoisotopic (exact) mass is 707 g/mol. The van der Waals surface area contributed by atoms with Gasteiger partial charge < -0.3 is 15.5 Å². The van der Waals surface area contributed by atoms with E-state index in [2.05, 4.69) is 43.2 Å². The van der Waals surface area contributed by atoms with Crippen LogP contribution in [-0.4, -0.2) is 72.5 Å². The lowest BCUT2D eigenvalue weighted by molar-refractivity contribution is -0.150. The van der Waals surface area contributed by atoms with Crippen LogP contribution in [0.1, 0.15) is 97.1 Å². The number of nitrogens with one attached hydrogen (secondary N) is 2. The molecular formula is C40H57N3O6S. The van der Waals surface area contributed by atoms with Gasteiger partial charge in [0, 0.05) is 19.0 Å². The number of piperidine rings is 1. The zero-order valence-corrected chi connectivity index (χ0v) is 31.4. The van der Waals surface area contributed by atoms with Crippen LogP contribution >= 0.6 is 0 Å². The first-order chi connectivity index (χ1) is 23.5. The van der Waals surface area contributed by atoms with Crippen LogP contribution < -0.4 is 10.6 Å². The van der Waals surface area contributed by atoms with Gasteiger partial charge >= 0.3 is 0 Å². The normalized spacial score (nSPS) is 26.7. The minimum Gasteiger partial charge on any atom is -0.346 e. The third kappa shape index (κ3) is 6.94. The van der Waals surface area contributed by atoms with Crippen molar-refractivity contribution in [3.8, 4) is 0 Å². The number of fused-ring (bicyclic) bond motifs is 2. The Morgan fingerprint density at radius 3 is 2.20 bits per heavy atom. The molecule has 2 unspecified atom stereocenters. The molecule has 0 spiro atoms. The number of benzene rings is 1. The molecule has 1 aliphatic heterocycles. The molecule has 10 heteroatoms. The summed E-state index contributed by atoms with van der Waals surface area (Å²) in [5.41, 5.74) is 1.50. The summed E-state index contributed by atoms with van der Waals surface area (Å²) in [6, 6.07) is 6.50. The summed E-state index contributed by atoms with van der Waals surface area (Å²) in [5.74, 6) is -2.33. The van der Waals surface area contributed by atoms with Gasteiger partial charge in [-0.3, -0.25) is 19.2 Å². The molecule has 3 saturated carbocycles. The Hall–Kier alpha value is -3.01. The topological polar surface area (TPSA) is 130 Å². The average Bonchev–Trinajstić information content (AvgIpc) is 3.81. The van der Waals surface area contributed by atoms with Gasteiger partial charge in [0.05, 0.1) is 16.5 Å². The van der Waals surface area contributed by atoms with Crippen molar-refractivity contribution in [2.75, 3.05) is 18.8 Å². The van der Waals surface area contributed by atoms with Crippen molar-refractivity contribution in [3.63, 3.8) is 0 Å². The summed E-state index contributed by atoms with van der Waals surface area (Å²) in [6.45, 7) is 13.7. The quantitative estimate of drug-likeness (QED) is 0.224. The zero-order chi connectivity index (χ0) is 36.2. The van der Waals surface area contributed by atoms with Crippen molar-refractivity contribution in [1.29, 1.82) is 0 Å². The molecule has 5 atom stereocenters. The van der Waals surface area contributed by atoms with E-state index in [1.54, 1.807) is 25.7 Å². The molecule has 1 aromatic rings. The van der Waals surface area contributed by atoms with Gasteiger partial charge in [0.1, 0.15) is 6.04 Å². The Bertz CT molecular complexity index is 1610. The highest BCUT2D eigenvalue weighted by Gasteiger charge is 2.70.